The molecule has 3 rings (SSSR count). The normalized spacial score (nSPS) is 20.4. The van der Waals surface area contributed by atoms with Crippen LogP contribution < -0.4 is 5.32 Å². The Hall–Kier alpha value is -2.59. The molecule has 0 saturated carbocycles. The lowest BCUT2D eigenvalue weighted by molar-refractivity contribution is 0.0815. The Kier molecular flexibility index (Phi) is 4.17. The van der Waals surface area contributed by atoms with Gasteiger partial charge in [0.05, 0.1) is 17.8 Å². The van der Waals surface area contributed by atoms with Gasteiger partial charge in [-0.2, -0.15) is 10.4 Å². The molecular formula is C16H19N5O2. The van der Waals surface area contributed by atoms with Crippen molar-refractivity contribution in [1.82, 2.24) is 19.7 Å². The zero-order valence-electron chi connectivity index (χ0n) is 13.2. The van der Waals surface area contributed by atoms with Gasteiger partial charge in [-0.3, -0.25) is 9.48 Å². The first-order valence-electron chi connectivity index (χ1n) is 7.63. The molecule has 2 aromatic heterocycles. The van der Waals surface area contributed by atoms with E-state index in [4.69, 9.17) is 10.00 Å². The van der Waals surface area contributed by atoms with Gasteiger partial charge in [-0.15, -0.1) is 0 Å². The van der Waals surface area contributed by atoms with E-state index in [1.54, 1.807) is 30.1 Å². The average molecular weight is 313 g/mol. The number of amides is 1. The minimum atomic E-state index is -0.197. The van der Waals surface area contributed by atoms with Gasteiger partial charge in [-0.25, -0.2) is 0 Å². The molecule has 1 aliphatic rings. The maximum absolute atomic E-state index is 12.5. The maximum Gasteiger partial charge on any atom is 0.268 e. The SMILES string of the molecule is CCn1cc([C@H]2OCC[C@@H]2NC(=O)c2cc(C#N)cn2C)cn1. The molecule has 0 bridgehead atoms. The molecule has 2 atom stereocenters. The number of aryl methyl sites for hydroxylation is 2. The summed E-state index contributed by atoms with van der Waals surface area (Å²) in [6, 6.07) is 3.54. The number of hydrogen-bond acceptors (Lipinski definition) is 4. The molecule has 7 nitrogen and oxygen atoms in total. The van der Waals surface area contributed by atoms with Crippen LogP contribution in [0.1, 0.15) is 41.1 Å². The van der Waals surface area contributed by atoms with E-state index in [1.807, 2.05) is 23.9 Å². The average Bonchev–Trinajstić information content (AvgIpc) is 3.25. The van der Waals surface area contributed by atoms with E-state index in [-0.39, 0.29) is 18.1 Å². The summed E-state index contributed by atoms with van der Waals surface area (Å²) in [6.07, 6.45) is 5.95. The maximum atomic E-state index is 12.5. The van der Waals surface area contributed by atoms with E-state index in [9.17, 15) is 4.79 Å². The van der Waals surface area contributed by atoms with E-state index in [1.165, 1.54) is 0 Å². The number of hydrogen-bond donors (Lipinski definition) is 1. The van der Waals surface area contributed by atoms with Crippen molar-refractivity contribution in [2.75, 3.05) is 6.61 Å². The van der Waals surface area contributed by atoms with Crippen molar-refractivity contribution >= 4 is 5.91 Å². The van der Waals surface area contributed by atoms with Crippen LogP contribution >= 0.6 is 0 Å². The molecule has 0 spiro atoms. The molecule has 120 valence electrons. The van der Waals surface area contributed by atoms with E-state index < -0.39 is 0 Å². The number of carbonyl (C=O) groups is 1. The van der Waals surface area contributed by atoms with Gasteiger partial charge in [-0.1, -0.05) is 0 Å². The van der Waals surface area contributed by atoms with Gasteiger partial charge in [0.1, 0.15) is 17.9 Å². The zero-order chi connectivity index (χ0) is 16.4. The molecule has 2 aromatic rings. The molecule has 0 unspecified atom stereocenters. The molecular weight excluding hydrogens is 294 g/mol. The van der Waals surface area contributed by atoms with Gasteiger partial charge >= 0.3 is 0 Å². The Balaban J connectivity index is 1.74. The standard InChI is InChI=1S/C16H19N5O2/c1-3-21-10-12(8-18-21)15-13(4-5-23-15)19-16(22)14-6-11(7-17)9-20(14)2/h6,8-10,13,15H,3-5H2,1-2H3,(H,19,22)/t13-,15+/m0/s1. The van der Waals surface area contributed by atoms with Gasteiger partial charge in [0, 0.05) is 38.2 Å². The van der Waals surface area contributed by atoms with Crippen molar-refractivity contribution in [3.63, 3.8) is 0 Å². The summed E-state index contributed by atoms with van der Waals surface area (Å²) in [4.78, 5) is 12.5. The number of ether oxygens (including phenoxy) is 1. The Labute approximate surface area is 134 Å². The second-order valence-corrected chi connectivity index (χ2v) is 5.63. The highest BCUT2D eigenvalue weighted by atomic mass is 16.5. The van der Waals surface area contributed by atoms with Crippen molar-refractivity contribution in [2.45, 2.75) is 32.0 Å². The summed E-state index contributed by atoms with van der Waals surface area (Å²) in [5, 5.41) is 16.2. The second kappa shape index (κ2) is 6.26. The van der Waals surface area contributed by atoms with Gasteiger partial charge in [-0.05, 0) is 19.4 Å². The van der Waals surface area contributed by atoms with E-state index in [0.717, 1.165) is 18.5 Å². The van der Waals surface area contributed by atoms with Crippen LogP contribution in [0.3, 0.4) is 0 Å². The smallest absolute Gasteiger partial charge is 0.268 e. The summed E-state index contributed by atoms with van der Waals surface area (Å²) in [6.45, 7) is 3.42. The fraction of sp³-hybridized carbons (Fsp3) is 0.438. The van der Waals surface area contributed by atoms with Crippen molar-refractivity contribution in [1.29, 1.82) is 5.26 Å². The third kappa shape index (κ3) is 2.98. The largest absolute Gasteiger partial charge is 0.371 e. The first kappa shape index (κ1) is 15.3. The highest BCUT2D eigenvalue weighted by molar-refractivity contribution is 5.93. The van der Waals surface area contributed by atoms with Crippen LogP contribution in [-0.4, -0.2) is 32.9 Å². The third-order valence-corrected chi connectivity index (χ3v) is 4.08. The molecule has 7 heteroatoms. The molecule has 23 heavy (non-hydrogen) atoms. The molecule has 1 N–H and O–H groups in total. The molecule has 0 radical (unpaired) electrons. The summed E-state index contributed by atoms with van der Waals surface area (Å²) >= 11 is 0. The molecule has 1 saturated heterocycles. The third-order valence-electron chi connectivity index (χ3n) is 4.08. The number of rotatable bonds is 4. The highest BCUT2D eigenvalue weighted by Crippen LogP contribution is 2.29. The van der Waals surface area contributed by atoms with Gasteiger partial charge in [0.25, 0.3) is 5.91 Å². The lowest BCUT2D eigenvalue weighted by atomic mass is 10.1. The highest BCUT2D eigenvalue weighted by Gasteiger charge is 2.32. The minimum Gasteiger partial charge on any atom is -0.371 e. The summed E-state index contributed by atoms with van der Waals surface area (Å²) in [7, 11) is 1.75. The minimum absolute atomic E-state index is 0.0996. The number of nitriles is 1. The van der Waals surface area contributed by atoms with Crippen LogP contribution in [0.25, 0.3) is 0 Å². The predicted molar refractivity (Wildman–Crippen MR) is 82.6 cm³/mol. The lowest BCUT2D eigenvalue weighted by Gasteiger charge is -2.19. The second-order valence-electron chi connectivity index (χ2n) is 5.63. The number of nitrogens with one attached hydrogen (secondary N) is 1. The molecule has 0 aliphatic carbocycles. The fourth-order valence-electron chi connectivity index (χ4n) is 2.86. The van der Waals surface area contributed by atoms with Crippen LogP contribution in [0, 0.1) is 11.3 Å². The van der Waals surface area contributed by atoms with E-state index in [2.05, 4.69) is 10.4 Å². The summed E-state index contributed by atoms with van der Waals surface area (Å²) in [5.74, 6) is -0.197. The van der Waals surface area contributed by atoms with Gasteiger partial charge in [0.15, 0.2) is 0 Å². The van der Waals surface area contributed by atoms with Gasteiger partial charge in [0.2, 0.25) is 0 Å². The van der Waals surface area contributed by atoms with Crippen LogP contribution in [0.4, 0.5) is 0 Å². The van der Waals surface area contributed by atoms with Crippen LogP contribution in [0.5, 0.6) is 0 Å². The Morgan fingerprint density at radius 3 is 3.04 bits per heavy atom. The monoisotopic (exact) mass is 313 g/mol. The Morgan fingerprint density at radius 1 is 1.57 bits per heavy atom. The first-order valence-corrected chi connectivity index (χ1v) is 7.63. The van der Waals surface area contributed by atoms with E-state index >= 15 is 0 Å². The first-order chi connectivity index (χ1) is 11.1. The summed E-state index contributed by atoms with van der Waals surface area (Å²) < 4.78 is 9.28. The fourth-order valence-corrected chi connectivity index (χ4v) is 2.86. The van der Waals surface area contributed by atoms with Crippen molar-refractivity contribution in [2.24, 2.45) is 7.05 Å². The molecule has 1 fully saturated rings. The van der Waals surface area contributed by atoms with Crippen LogP contribution in [-0.2, 0) is 18.3 Å². The topological polar surface area (TPSA) is 84.9 Å². The van der Waals surface area contributed by atoms with Gasteiger partial charge < -0.3 is 14.6 Å². The Morgan fingerprint density at radius 2 is 2.39 bits per heavy atom. The van der Waals surface area contributed by atoms with E-state index in [0.29, 0.717) is 17.9 Å². The quantitative estimate of drug-likeness (QED) is 0.924. The molecule has 0 aromatic carbocycles. The number of aromatic nitrogens is 3. The van der Waals surface area contributed by atoms with Crippen LogP contribution in [0.2, 0.25) is 0 Å². The predicted octanol–water partition coefficient (Wildman–Crippen LogP) is 1.37. The summed E-state index contributed by atoms with van der Waals surface area (Å²) in [5.41, 5.74) is 1.91. The number of carbonyl (C=O) groups excluding carboxylic acids is 1. The van der Waals surface area contributed by atoms with Crippen LogP contribution in [0.15, 0.2) is 24.7 Å². The van der Waals surface area contributed by atoms with Crippen molar-refractivity contribution < 1.29 is 9.53 Å². The lowest BCUT2D eigenvalue weighted by Crippen LogP contribution is -2.37. The Bertz CT molecular complexity index is 755. The molecule has 3 heterocycles. The number of nitrogens with zero attached hydrogens (tertiary/aromatic N) is 4. The van der Waals surface area contributed by atoms with Crippen molar-refractivity contribution in [3.8, 4) is 6.07 Å². The zero-order valence-corrected chi connectivity index (χ0v) is 13.2. The molecule has 1 aliphatic heterocycles. The molecule has 1 amide bonds. The van der Waals surface area contributed by atoms with Crippen molar-refractivity contribution in [3.05, 3.63) is 41.5 Å².